The molecule has 2 aromatic heterocycles. The molecule has 186 valence electrons. The van der Waals surface area contributed by atoms with Crippen LogP contribution in [0.1, 0.15) is 29.3 Å². The van der Waals surface area contributed by atoms with Crippen molar-refractivity contribution in [1.29, 1.82) is 0 Å². The predicted molar refractivity (Wildman–Crippen MR) is 117 cm³/mol. The second-order valence-electron chi connectivity index (χ2n) is 7.77. The van der Waals surface area contributed by atoms with E-state index in [1.165, 1.54) is 24.4 Å². The number of anilines is 3. The highest BCUT2D eigenvalue weighted by molar-refractivity contribution is 5.62. The van der Waals surface area contributed by atoms with Gasteiger partial charge in [-0.3, -0.25) is 0 Å². The number of hydrogen-bond acceptors (Lipinski definition) is 6. The van der Waals surface area contributed by atoms with Crippen molar-refractivity contribution in [3.05, 3.63) is 65.0 Å². The Morgan fingerprint density at radius 1 is 0.943 bits per heavy atom. The molecule has 1 aliphatic heterocycles. The standard InChI is InChI=1S/C23H21F6N5O/c1-2-35-21-32-18-10-13-34(20-17(23(27,28)29)4-3-11-30-20)12-9-16(18)19(33-21)31-15-7-5-14(6-8-15)22(24,25)26/h3-8,11H,2,9-10,12-13H2,1H3,(H,31,32,33). The Morgan fingerprint density at radius 3 is 2.31 bits per heavy atom. The molecule has 3 heterocycles. The van der Waals surface area contributed by atoms with Gasteiger partial charge in [0.1, 0.15) is 11.6 Å². The number of halogens is 6. The van der Waals surface area contributed by atoms with Gasteiger partial charge in [-0.25, -0.2) is 4.98 Å². The Labute approximate surface area is 197 Å². The van der Waals surface area contributed by atoms with Gasteiger partial charge < -0.3 is 15.0 Å². The van der Waals surface area contributed by atoms with Crippen molar-refractivity contribution in [3.8, 4) is 6.01 Å². The van der Waals surface area contributed by atoms with E-state index in [9.17, 15) is 26.3 Å². The lowest BCUT2D eigenvalue weighted by atomic mass is 10.1. The first-order valence-electron chi connectivity index (χ1n) is 10.8. The van der Waals surface area contributed by atoms with Gasteiger partial charge in [0.2, 0.25) is 0 Å². The predicted octanol–water partition coefficient (Wildman–Crippen LogP) is 5.66. The quantitative estimate of drug-likeness (QED) is 0.460. The number of nitrogens with one attached hydrogen (secondary N) is 1. The van der Waals surface area contributed by atoms with E-state index >= 15 is 0 Å². The number of ether oxygens (including phenoxy) is 1. The summed E-state index contributed by atoms with van der Waals surface area (Å²) in [6.45, 7) is 2.48. The minimum atomic E-state index is -4.56. The fraction of sp³-hybridized carbons (Fsp3) is 0.348. The first-order chi connectivity index (χ1) is 16.6. The Morgan fingerprint density at radius 2 is 1.66 bits per heavy atom. The molecule has 0 unspecified atom stereocenters. The van der Waals surface area contributed by atoms with Crippen LogP contribution >= 0.6 is 0 Å². The molecule has 0 atom stereocenters. The highest BCUT2D eigenvalue weighted by Crippen LogP contribution is 2.36. The molecule has 35 heavy (non-hydrogen) atoms. The third kappa shape index (κ3) is 5.57. The highest BCUT2D eigenvalue weighted by Gasteiger charge is 2.36. The van der Waals surface area contributed by atoms with Crippen molar-refractivity contribution in [2.75, 3.05) is 29.9 Å². The molecule has 0 aliphatic carbocycles. The Balaban J connectivity index is 1.64. The van der Waals surface area contributed by atoms with Crippen molar-refractivity contribution in [1.82, 2.24) is 15.0 Å². The molecule has 0 bridgehead atoms. The summed E-state index contributed by atoms with van der Waals surface area (Å²) in [5.74, 6) is 0.167. The lowest BCUT2D eigenvalue weighted by Gasteiger charge is -2.24. The second-order valence-corrected chi connectivity index (χ2v) is 7.77. The summed E-state index contributed by atoms with van der Waals surface area (Å²) >= 11 is 0. The SMILES string of the molecule is CCOc1nc2c(c(Nc3ccc(C(F)(F)F)cc3)n1)CCN(c1ncccc1C(F)(F)F)CC2. The van der Waals surface area contributed by atoms with E-state index < -0.39 is 23.5 Å². The van der Waals surface area contributed by atoms with Gasteiger partial charge in [0.25, 0.3) is 0 Å². The number of nitrogens with zero attached hydrogens (tertiary/aromatic N) is 4. The van der Waals surface area contributed by atoms with E-state index in [1.807, 2.05) is 0 Å². The van der Waals surface area contributed by atoms with Crippen molar-refractivity contribution in [2.45, 2.75) is 32.1 Å². The van der Waals surface area contributed by atoms with Crippen LogP contribution in [-0.2, 0) is 25.2 Å². The summed E-state index contributed by atoms with van der Waals surface area (Å²) in [5.41, 5.74) is -0.00193. The van der Waals surface area contributed by atoms with Crippen LogP contribution in [-0.4, -0.2) is 34.6 Å². The first-order valence-corrected chi connectivity index (χ1v) is 10.8. The maximum atomic E-state index is 13.5. The smallest absolute Gasteiger partial charge is 0.419 e. The Kier molecular flexibility index (Phi) is 6.73. The molecule has 6 nitrogen and oxygen atoms in total. The molecular weight excluding hydrogens is 476 g/mol. The fourth-order valence-corrected chi connectivity index (χ4v) is 3.83. The monoisotopic (exact) mass is 497 g/mol. The summed E-state index contributed by atoms with van der Waals surface area (Å²) in [6.07, 6.45) is -7.11. The van der Waals surface area contributed by atoms with E-state index in [4.69, 9.17) is 4.74 Å². The molecule has 1 N–H and O–H groups in total. The van der Waals surface area contributed by atoms with Crippen LogP contribution in [0, 0.1) is 0 Å². The van der Waals surface area contributed by atoms with Crippen molar-refractivity contribution < 1.29 is 31.1 Å². The number of fused-ring (bicyclic) bond motifs is 1. The lowest BCUT2D eigenvalue weighted by molar-refractivity contribution is -0.138. The van der Waals surface area contributed by atoms with Crippen LogP contribution in [0.2, 0.25) is 0 Å². The Bertz CT molecular complexity index is 1180. The van der Waals surface area contributed by atoms with Crippen LogP contribution in [0.5, 0.6) is 6.01 Å². The molecule has 3 aromatic rings. The Hall–Kier alpha value is -3.57. The average molecular weight is 497 g/mol. The fourth-order valence-electron chi connectivity index (χ4n) is 3.83. The molecule has 1 aromatic carbocycles. The van der Waals surface area contributed by atoms with Crippen LogP contribution in [0.3, 0.4) is 0 Å². The van der Waals surface area contributed by atoms with Gasteiger partial charge >= 0.3 is 18.4 Å². The lowest BCUT2D eigenvalue weighted by Crippen LogP contribution is -2.29. The molecule has 0 spiro atoms. The van der Waals surface area contributed by atoms with E-state index in [0.29, 0.717) is 35.6 Å². The second kappa shape index (κ2) is 9.59. The number of benzene rings is 1. The summed E-state index contributed by atoms with van der Waals surface area (Å²) < 4.78 is 84.7. The number of pyridine rings is 1. The van der Waals surface area contributed by atoms with Crippen molar-refractivity contribution in [2.24, 2.45) is 0 Å². The van der Waals surface area contributed by atoms with Crippen LogP contribution in [0.4, 0.5) is 43.7 Å². The van der Waals surface area contributed by atoms with Crippen LogP contribution < -0.4 is 15.0 Å². The first kappa shape index (κ1) is 24.6. The number of rotatable bonds is 5. The van der Waals surface area contributed by atoms with Gasteiger partial charge in [0.05, 0.1) is 23.4 Å². The summed E-state index contributed by atoms with van der Waals surface area (Å²) in [4.78, 5) is 14.3. The minimum absolute atomic E-state index is 0.0722. The van der Waals surface area contributed by atoms with E-state index in [0.717, 1.165) is 18.2 Å². The van der Waals surface area contributed by atoms with Crippen molar-refractivity contribution in [3.63, 3.8) is 0 Å². The topological polar surface area (TPSA) is 63.2 Å². The van der Waals surface area contributed by atoms with E-state index in [2.05, 4.69) is 20.3 Å². The zero-order chi connectivity index (χ0) is 25.2. The number of hydrogen-bond donors (Lipinski definition) is 1. The summed E-state index contributed by atoms with van der Waals surface area (Å²) in [7, 11) is 0. The molecule has 0 fully saturated rings. The molecule has 12 heteroatoms. The molecule has 4 rings (SSSR count). The zero-order valence-electron chi connectivity index (χ0n) is 18.5. The maximum absolute atomic E-state index is 13.5. The van der Waals surface area contributed by atoms with Gasteiger partial charge in [0.15, 0.2) is 0 Å². The maximum Gasteiger partial charge on any atom is 0.419 e. The number of aromatic nitrogens is 3. The molecule has 0 saturated heterocycles. The van der Waals surface area contributed by atoms with Crippen LogP contribution in [0.15, 0.2) is 42.6 Å². The minimum Gasteiger partial charge on any atom is -0.464 e. The zero-order valence-corrected chi connectivity index (χ0v) is 18.5. The molecule has 0 amide bonds. The average Bonchev–Trinajstić information content (AvgIpc) is 3.01. The third-order valence-corrected chi connectivity index (χ3v) is 5.46. The van der Waals surface area contributed by atoms with Crippen molar-refractivity contribution >= 4 is 17.3 Å². The largest absolute Gasteiger partial charge is 0.464 e. The van der Waals surface area contributed by atoms with E-state index in [1.54, 1.807) is 11.8 Å². The summed E-state index contributed by atoms with van der Waals surface area (Å²) in [6, 6.07) is 6.77. The van der Waals surface area contributed by atoms with Gasteiger partial charge in [-0.05, 0) is 49.7 Å². The molecular formula is C23H21F6N5O. The van der Waals surface area contributed by atoms with Gasteiger partial charge in [0, 0.05) is 37.0 Å². The summed E-state index contributed by atoms with van der Waals surface area (Å²) in [5, 5.41) is 3.01. The van der Waals surface area contributed by atoms with Crippen LogP contribution in [0.25, 0.3) is 0 Å². The third-order valence-electron chi connectivity index (χ3n) is 5.46. The van der Waals surface area contributed by atoms with Gasteiger partial charge in [-0.1, -0.05) is 0 Å². The van der Waals surface area contributed by atoms with Gasteiger partial charge in [-0.2, -0.15) is 36.3 Å². The molecule has 0 saturated carbocycles. The van der Waals surface area contributed by atoms with E-state index in [-0.39, 0.29) is 31.5 Å². The molecule has 0 radical (unpaired) electrons. The highest BCUT2D eigenvalue weighted by atomic mass is 19.4. The van der Waals surface area contributed by atoms with Gasteiger partial charge in [-0.15, -0.1) is 0 Å². The number of alkyl halides is 6. The molecule has 1 aliphatic rings. The normalized spacial score (nSPS) is 14.3.